The molecule has 1 aliphatic heterocycles. The maximum absolute atomic E-state index is 11.6. The fourth-order valence-electron chi connectivity index (χ4n) is 2.51. The van der Waals surface area contributed by atoms with Crippen molar-refractivity contribution >= 4 is 39.1 Å². The van der Waals surface area contributed by atoms with Gasteiger partial charge < -0.3 is 14.2 Å². The lowest BCUT2D eigenvalue weighted by atomic mass is 10.1. The van der Waals surface area contributed by atoms with E-state index in [2.05, 4.69) is 19.8 Å². The van der Waals surface area contributed by atoms with E-state index in [0.29, 0.717) is 18.7 Å². The van der Waals surface area contributed by atoms with Gasteiger partial charge in [-0.15, -0.1) is 0 Å². The topological polar surface area (TPSA) is 144 Å². The molecule has 0 aliphatic carbocycles. The Kier molecular flexibility index (Phi) is 6.56. The zero-order valence-corrected chi connectivity index (χ0v) is 16.5. The zero-order valence-electron chi connectivity index (χ0n) is 14.9. The number of anilines is 1. The first-order valence-corrected chi connectivity index (χ1v) is 10.6. The molecule has 12 heteroatoms. The number of carbonyl (C=O) groups is 2. The van der Waals surface area contributed by atoms with Crippen molar-refractivity contribution in [1.82, 2.24) is 10.3 Å². The van der Waals surface area contributed by atoms with Gasteiger partial charge >= 0.3 is 10.4 Å². The first-order valence-electron chi connectivity index (χ1n) is 8.39. The van der Waals surface area contributed by atoms with Gasteiger partial charge in [0.25, 0.3) is 5.24 Å². The Hall–Kier alpha value is -2.83. The molecule has 3 rings (SSSR count). The lowest BCUT2D eigenvalue weighted by molar-refractivity contribution is -0.118. The molecule has 1 saturated heterocycles. The summed E-state index contributed by atoms with van der Waals surface area (Å²) < 4.78 is 40.5. The number of aromatic nitrogens is 1. The summed E-state index contributed by atoms with van der Waals surface area (Å²) in [7, 11) is -4.65. The Balaban J connectivity index is 1.47. The van der Waals surface area contributed by atoms with Crippen molar-refractivity contribution in [1.29, 1.82) is 0 Å². The van der Waals surface area contributed by atoms with Crippen LogP contribution in [0.15, 0.2) is 42.6 Å². The second-order valence-electron chi connectivity index (χ2n) is 5.87. The minimum atomic E-state index is -4.65. The van der Waals surface area contributed by atoms with Gasteiger partial charge in [0.15, 0.2) is 11.6 Å². The molecular formula is C17H17N3O7S2. The van der Waals surface area contributed by atoms with Gasteiger partial charge in [-0.25, -0.2) is 4.98 Å². The standard InChI is InChI=1S/C17H17N3O7S2/c21-16-14(28-17(22)20-16)10-11-3-5-12(6-4-11)26-9-8-19-15-13(2-1-7-18-15)27-29(23,24)25/h1-7,14H,8-10H2,(H,18,19)(H,20,21,22)(H,23,24,25). The number of nitrogens with zero attached hydrogens (tertiary/aromatic N) is 1. The molecule has 1 aromatic carbocycles. The molecule has 1 unspecified atom stereocenters. The minimum absolute atomic E-state index is 0.133. The van der Waals surface area contributed by atoms with Crippen LogP contribution in [-0.4, -0.2) is 47.5 Å². The molecule has 1 aliphatic rings. The van der Waals surface area contributed by atoms with E-state index in [1.165, 1.54) is 18.3 Å². The van der Waals surface area contributed by atoms with Crippen LogP contribution < -0.4 is 19.6 Å². The summed E-state index contributed by atoms with van der Waals surface area (Å²) in [5, 5.41) is 4.37. The molecule has 10 nitrogen and oxygen atoms in total. The number of hydrogen-bond donors (Lipinski definition) is 3. The average molecular weight is 439 g/mol. The highest BCUT2D eigenvalue weighted by atomic mass is 32.3. The van der Waals surface area contributed by atoms with Crippen molar-refractivity contribution in [2.75, 3.05) is 18.5 Å². The van der Waals surface area contributed by atoms with E-state index in [4.69, 9.17) is 9.29 Å². The van der Waals surface area contributed by atoms with Gasteiger partial charge in [0, 0.05) is 6.20 Å². The number of carbonyl (C=O) groups excluding carboxylic acids is 2. The molecule has 3 N–H and O–H groups in total. The molecule has 0 spiro atoms. The molecule has 1 aromatic heterocycles. The molecule has 0 saturated carbocycles. The monoisotopic (exact) mass is 439 g/mol. The van der Waals surface area contributed by atoms with Crippen molar-refractivity contribution in [3.8, 4) is 11.5 Å². The fourth-order valence-corrected chi connectivity index (χ4v) is 3.73. The Morgan fingerprint density at radius 1 is 1.21 bits per heavy atom. The molecular weight excluding hydrogens is 422 g/mol. The van der Waals surface area contributed by atoms with Crippen LogP contribution in [0.4, 0.5) is 10.6 Å². The van der Waals surface area contributed by atoms with E-state index in [1.54, 1.807) is 12.1 Å². The van der Waals surface area contributed by atoms with Crippen molar-refractivity contribution < 1.29 is 31.5 Å². The molecule has 154 valence electrons. The maximum atomic E-state index is 11.6. The van der Waals surface area contributed by atoms with Gasteiger partial charge in [-0.1, -0.05) is 23.9 Å². The summed E-state index contributed by atoms with van der Waals surface area (Å²) in [6.07, 6.45) is 1.88. The van der Waals surface area contributed by atoms with Crippen LogP contribution in [0.3, 0.4) is 0 Å². The quantitative estimate of drug-likeness (QED) is 0.390. The van der Waals surface area contributed by atoms with Crippen molar-refractivity contribution in [2.45, 2.75) is 11.7 Å². The number of imide groups is 1. The van der Waals surface area contributed by atoms with Crippen LogP contribution in [0.25, 0.3) is 0 Å². The van der Waals surface area contributed by atoms with Crippen molar-refractivity contribution in [3.63, 3.8) is 0 Å². The molecule has 29 heavy (non-hydrogen) atoms. The Labute approximate surface area is 171 Å². The van der Waals surface area contributed by atoms with Gasteiger partial charge in [-0.2, -0.15) is 8.42 Å². The predicted molar refractivity (Wildman–Crippen MR) is 105 cm³/mol. The third-order valence-electron chi connectivity index (χ3n) is 3.74. The summed E-state index contributed by atoms with van der Waals surface area (Å²) in [6, 6.07) is 9.95. The molecule has 2 heterocycles. The van der Waals surface area contributed by atoms with Crippen molar-refractivity contribution in [2.24, 2.45) is 0 Å². The van der Waals surface area contributed by atoms with E-state index >= 15 is 0 Å². The smallest absolute Gasteiger partial charge is 0.446 e. The number of hydrogen-bond acceptors (Lipinski definition) is 9. The highest BCUT2D eigenvalue weighted by Gasteiger charge is 2.31. The number of amides is 2. The Morgan fingerprint density at radius 3 is 2.62 bits per heavy atom. The summed E-state index contributed by atoms with van der Waals surface area (Å²) in [4.78, 5) is 26.8. The first-order chi connectivity index (χ1) is 13.8. The molecule has 1 fully saturated rings. The van der Waals surface area contributed by atoms with Crippen LogP contribution >= 0.6 is 11.8 Å². The number of thioether (sulfide) groups is 1. The molecule has 2 amide bonds. The van der Waals surface area contributed by atoms with Gasteiger partial charge in [0.1, 0.15) is 12.4 Å². The van der Waals surface area contributed by atoms with E-state index < -0.39 is 15.6 Å². The molecule has 1 atom stereocenters. The second-order valence-corrected chi connectivity index (χ2v) is 8.07. The van der Waals surface area contributed by atoms with Crippen LogP contribution in [0.1, 0.15) is 5.56 Å². The normalized spacial score (nSPS) is 16.4. The number of benzene rings is 1. The van der Waals surface area contributed by atoms with Crippen LogP contribution in [0.2, 0.25) is 0 Å². The summed E-state index contributed by atoms with van der Waals surface area (Å²) in [5.41, 5.74) is 0.901. The zero-order chi connectivity index (χ0) is 20.9. The Morgan fingerprint density at radius 2 is 1.97 bits per heavy atom. The third-order valence-corrected chi connectivity index (χ3v) is 5.11. The third kappa shape index (κ3) is 6.34. The second kappa shape index (κ2) is 9.11. The molecule has 0 bridgehead atoms. The average Bonchev–Trinajstić information content (AvgIpc) is 2.97. The van der Waals surface area contributed by atoms with Crippen LogP contribution in [0, 0.1) is 0 Å². The molecule has 2 aromatic rings. The van der Waals surface area contributed by atoms with E-state index in [0.717, 1.165) is 17.3 Å². The summed E-state index contributed by atoms with van der Waals surface area (Å²) in [5.74, 6) is 0.335. The van der Waals surface area contributed by atoms with E-state index in [1.807, 2.05) is 12.1 Å². The Bertz CT molecular complexity index is 996. The number of nitrogens with one attached hydrogen (secondary N) is 2. The molecule has 0 radical (unpaired) electrons. The highest BCUT2D eigenvalue weighted by Crippen LogP contribution is 2.24. The van der Waals surface area contributed by atoms with Crippen molar-refractivity contribution in [3.05, 3.63) is 48.2 Å². The number of ether oxygens (including phenoxy) is 1. The van der Waals surface area contributed by atoms with Gasteiger partial charge in [-0.3, -0.25) is 19.5 Å². The van der Waals surface area contributed by atoms with Gasteiger partial charge in [-0.05, 0) is 36.2 Å². The number of rotatable bonds is 9. The van der Waals surface area contributed by atoms with Gasteiger partial charge in [0.2, 0.25) is 5.91 Å². The largest absolute Gasteiger partial charge is 0.492 e. The first kappa shape index (κ1) is 20.9. The highest BCUT2D eigenvalue weighted by molar-refractivity contribution is 8.15. The van der Waals surface area contributed by atoms with Crippen LogP contribution in [0.5, 0.6) is 11.5 Å². The minimum Gasteiger partial charge on any atom is -0.492 e. The fraction of sp³-hybridized carbons (Fsp3) is 0.235. The predicted octanol–water partition coefficient (Wildman–Crippen LogP) is 1.65. The maximum Gasteiger partial charge on any atom is 0.446 e. The van der Waals surface area contributed by atoms with Crippen LogP contribution in [-0.2, 0) is 21.6 Å². The van der Waals surface area contributed by atoms with E-state index in [-0.39, 0.29) is 29.3 Å². The number of pyridine rings is 1. The SMILES string of the molecule is O=C1NC(=O)C(Cc2ccc(OCCNc3ncccc3OS(=O)(=O)O)cc2)S1. The van der Waals surface area contributed by atoms with E-state index in [9.17, 15) is 18.0 Å². The lowest BCUT2D eigenvalue weighted by Gasteiger charge is -2.11. The van der Waals surface area contributed by atoms with Gasteiger partial charge in [0.05, 0.1) is 11.8 Å². The summed E-state index contributed by atoms with van der Waals surface area (Å²) >= 11 is 0.983. The lowest BCUT2D eigenvalue weighted by Crippen LogP contribution is -2.25. The summed E-state index contributed by atoms with van der Waals surface area (Å²) in [6.45, 7) is 0.540.